The van der Waals surface area contributed by atoms with Crippen LogP contribution in [0.5, 0.6) is 0 Å². The molecule has 1 fully saturated rings. The molecule has 25 heavy (non-hydrogen) atoms. The van der Waals surface area contributed by atoms with Crippen LogP contribution >= 0.6 is 24.8 Å². The number of rotatable bonds is 5. The molecule has 5 nitrogen and oxygen atoms in total. The van der Waals surface area contributed by atoms with Crippen molar-refractivity contribution in [2.45, 2.75) is 39.2 Å². The van der Waals surface area contributed by atoms with Crippen molar-refractivity contribution in [2.75, 3.05) is 13.1 Å². The summed E-state index contributed by atoms with van der Waals surface area (Å²) in [5.41, 5.74) is 1.97. The maximum atomic E-state index is 12.6. The molecular formula is C18H28Cl2N4O. The van der Waals surface area contributed by atoms with Crippen LogP contribution in [0.3, 0.4) is 0 Å². The van der Waals surface area contributed by atoms with E-state index in [0.29, 0.717) is 5.92 Å². The average Bonchev–Trinajstić information content (AvgIpc) is 2.98. The molecule has 1 aromatic carbocycles. The minimum absolute atomic E-state index is 0. The van der Waals surface area contributed by atoms with Gasteiger partial charge in [0.1, 0.15) is 5.82 Å². The van der Waals surface area contributed by atoms with Gasteiger partial charge in [-0.05, 0) is 50.4 Å². The van der Waals surface area contributed by atoms with Gasteiger partial charge in [0, 0.05) is 5.92 Å². The van der Waals surface area contributed by atoms with Gasteiger partial charge in [-0.2, -0.15) is 0 Å². The molecule has 140 valence electrons. The lowest BCUT2D eigenvalue weighted by molar-refractivity contribution is -0.126. The number of piperidine rings is 1. The smallest absolute Gasteiger partial charge is 0.223 e. The van der Waals surface area contributed by atoms with Crippen LogP contribution in [0.25, 0.3) is 11.0 Å². The van der Waals surface area contributed by atoms with E-state index in [0.717, 1.165) is 49.2 Å². The third-order valence-corrected chi connectivity index (χ3v) is 4.47. The van der Waals surface area contributed by atoms with Gasteiger partial charge in [-0.25, -0.2) is 4.98 Å². The zero-order valence-corrected chi connectivity index (χ0v) is 16.4. The van der Waals surface area contributed by atoms with Crippen LogP contribution in [0.15, 0.2) is 24.3 Å². The molecule has 2 aromatic rings. The second-order valence-corrected chi connectivity index (χ2v) is 6.85. The predicted molar refractivity (Wildman–Crippen MR) is 107 cm³/mol. The van der Waals surface area contributed by atoms with Crippen LogP contribution in [0.2, 0.25) is 0 Å². The van der Waals surface area contributed by atoms with E-state index >= 15 is 0 Å². The van der Waals surface area contributed by atoms with E-state index in [1.165, 1.54) is 0 Å². The van der Waals surface area contributed by atoms with Gasteiger partial charge in [0.05, 0.1) is 17.1 Å². The highest BCUT2D eigenvalue weighted by Gasteiger charge is 2.25. The Morgan fingerprint density at radius 1 is 1.24 bits per heavy atom. The van der Waals surface area contributed by atoms with Crippen molar-refractivity contribution >= 4 is 41.8 Å². The third kappa shape index (κ3) is 5.59. The molecule has 1 atom stereocenters. The molecule has 0 aliphatic carbocycles. The number of amides is 1. The van der Waals surface area contributed by atoms with E-state index in [-0.39, 0.29) is 42.7 Å². The molecule has 1 unspecified atom stereocenters. The first-order valence-corrected chi connectivity index (χ1v) is 8.59. The number of fused-ring (bicyclic) bond motifs is 1. The number of para-hydroxylation sites is 2. The maximum Gasteiger partial charge on any atom is 0.223 e. The molecule has 1 aliphatic heterocycles. The summed E-state index contributed by atoms with van der Waals surface area (Å²) in [6.45, 7) is 6.20. The molecular weight excluding hydrogens is 359 g/mol. The molecule has 0 radical (unpaired) electrons. The number of aromatic amines is 1. The van der Waals surface area contributed by atoms with Crippen molar-refractivity contribution in [3.05, 3.63) is 30.1 Å². The lowest BCUT2D eigenvalue weighted by Crippen LogP contribution is -2.40. The number of carbonyl (C=O) groups is 1. The van der Waals surface area contributed by atoms with Crippen molar-refractivity contribution in [3.63, 3.8) is 0 Å². The molecule has 0 spiro atoms. The summed E-state index contributed by atoms with van der Waals surface area (Å²) >= 11 is 0. The minimum atomic E-state index is -0.0511. The number of imidazole rings is 1. The van der Waals surface area contributed by atoms with Crippen molar-refractivity contribution < 1.29 is 4.79 Å². The second kappa shape index (κ2) is 10.00. The number of aromatic nitrogens is 2. The molecule has 3 rings (SSSR count). The Kier molecular flexibility index (Phi) is 8.69. The molecule has 7 heteroatoms. The molecule has 1 aliphatic rings. The van der Waals surface area contributed by atoms with Gasteiger partial charge in [0.2, 0.25) is 5.91 Å². The molecule has 2 heterocycles. The molecule has 1 saturated heterocycles. The first kappa shape index (κ1) is 21.7. The normalized spacial score (nSPS) is 16.1. The third-order valence-electron chi connectivity index (χ3n) is 4.47. The first-order chi connectivity index (χ1) is 11.1. The highest BCUT2D eigenvalue weighted by molar-refractivity contribution is 5.85. The molecule has 0 saturated carbocycles. The summed E-state index contributed by atoms with van der Waals surface area (Å²) < 4.78 is 0. The fraction of sp³-hybridized carbons (Fsp3) is 0.556. The van der Waals surface area contributed by atoms with Gasteiger partial charge >= 0.3 is 0 Å². The van der Waals surface area contributed by atoms with E-state index in [2.05, 4.69) is 34.4 Å². The second-order valence-electron chi connectivity index (χ2n) is 6.85. The van der Waals surface area contributed by atoms with Crippen molar-refractivity contribution in [1.82, 2.24) is 20.6 Å². The largest absolute Gasteiger partial charge is 0.346 e. The van der Waals surface area contributed by atoms with E-state index < -0.39 is 0 Å². The van der Waals surface area contributed by atoms with Gasteiger partial charge in [-0.3, -0.25) is 4.79 Å². The van der Waals surface area contributed by atoms with Crippen molar-refractivity contribution in [1.29, 1.82) is 0 Å². The number of benzene rings is 1. The standard InChI is InChI=1S/C18H26N4O.2ClH/c1-12(2)11-16(22-18(23)13-7-9-19-10-8-13)17-20-14-5-3-4-6-15(14)21-17;;/h3-6,12-13,16,19H,7-11H2,1-2H3,(H,20,21)(H,22,23);2*1H. The minimum Gasteiger partial charge on any atom is -0.346 e. The van der Waals surface area contributed by atoms with E-state index in [9.17, 15) is 4.79 Å². The van der Waals surface area contributed by atoms with E-state index in [1.807, 2.05) is 24.3 Å². The molecule has 3 N–H and O–H groups in total. The van der Waals surface area contributed by atoms with Crippen molar-refractivity contribution in [3.8, 4) is 0 Å². The number of nitrogens with zero attached hydrogens (tertiary/aromatic N) is 1. The number of hydrogen-bond donors (Lipinski definition) is 3. The number of halogens is 2. The van der Waals surface area contributed by atoms with Gasteiger partial charge < -0.3 is 15.6 Å². The first-order valence-electron chi connectivity index (χ1n) is 8.59. The Morgan fingerprint density at radius 3 is 2.56 bits per heavy atom. The van der Waals surface area contributed by atoms with Crippen LogP contribution in [0, 0.1) is 11.8 Å². The Bertz CT molecular complexity index is 635. The number of carbonyl (C=O) groups excluding carboxylic acids is 1. The van der Waals surface area contributed by atoms with Crippen LogP contribution in [0.1, 0.15) is 45.0 Å². The van der Waals surface area contributed by atoms with Crippen LogP contribution in [-0.4, -0.2) is 29.0 Å². The summed E-state index contributed by atoms with van der Waals surface area (Å²) in [4.78, 5) is 20.7. The Balaban J connectivity index is 0.00000156. The average molecular weight is 387 g/mol. The fourth-order valence-electron chi connectivity index (χ4n) is 3.22. The van der Waals surface area contributed by atoms with Gasteiger partial charge in [0.25, 0.3) is 0 Å². The zero-order valence-electron chi connectivity index (χ0n) is 14.7. The van der Waals surface area contributed by atoms with Crippen LogP contribution in [0.4, 0.5) is 0 Å². The number of H-pyrrole nitrogens is 1. The summed E-state index contributed by atoms with van der Waals surface area (Å²) in [5.74, 6) is 1.64. The Labute approximate surface area is 161 Å². The van der Waals surface area contributed by atoms with Crippen molar-refractivity contribution in [2.24, 2.45) is 11.8 Å². The van der Waals surface area contributed by atoms with Crippen LogP contribution in [-0.2, 0) is 4.79 Å². The Hall–Kier alpha value is -1.30. The number of nitrogens with one attached hydrogen (secondary N) is 3. The quantitative estimate of drug-likeness (QED) is 0.734. The lowest BCUT2D eigenvalue weighted by atomic mass is 9.96. The fourth-order valence-corrected chi connectivity index (χ4v) is 3.22. The molecule has 0 bridgehead atoms. The van der Waals surface area contributed by atoms with Gasteiger partial charge in [-0.1, -0.05) is 26.0 Å². The topological polar surface area (TPSA) is 69.8 Å². The molecule has 1 aromatic heterocycles. The monoisotopic (exact) mass is 386 g/mol. The Morgan fingerprint density at radius 2 is 1.92 bits per heavy atom. The zero-order chi connectivity index (χ0) is 16.2. The van der Waals surface area contributed by atoms with E-state index in [4.69, 9.17) is 0 Å². The summed E-state index contributed by atoms with van der Waals surface area (Å²) in [5, 5.41) is 6.54. The van der Waals surface area contributed by atoms with E-state index in [1.54, 1.807) is 0 Å². The predicted octanol–water partition coefficient (Wildman–Crippen LogP) is 3.61. The van der Waals surface area contributed by atoms with Gasteiger partial charge in [-0.15, -0.1) is 24.8 Å². The summed E-state index contributed by atoms with van der Waals surface area (Å²) in [7, 11) is 0. The van der Waals surface area contributed by atoms with Gasteiger partial charge in [0.15, 0.2) is 0 Å². The number of hydrogen-bond acceptors (Lipinski definition) is 3. The summed E-state index contributed by atoms with van der Waals surface area (Å²) in [6, 6.07) is 7.95. The van der Waals surface area contributed by atoms with Crippen LogP contribution < -0.4 is 10.6 Å². The highest BCUT2D eigenvalue weighted by Crippen LogP contribution is 2.23. The SMILES string of the molecule is CC(C)CC(NC(=O)C1CCNCC1)c1nc2ccccc2[nH]1.Cl.Cl. The maximum absolute atomic E-state index is 12.6. The lowest BCUT2D eigenvalue weighted by Gasteiger charge is -2.25. The summed E-state index contributed by atoms with van der Waals surface area (Å²) in [6.07, 6.45) is 2.72. The highest BCUT2D eigenvalue weighted by atomic mass is 35.5. The molecule has 1 amide bonds.